The number of rotatable bonds is 11. The number of hydrogen-bond acceptors (Lipinski definition) is 7. The normalized spacial score (nSPS) is 26.9. The number of carboxylic acid groups (broad SMARTS) is 1. The molecule has 1 saturated carbocycles. The van der Waals surface area contributed by atoms with Crippen molar-refractivity contribution in [1.29, 1.82) is 0 Å². The first-order valence-corrected chi connectivity index (χ1v) is 17.8. The molecule has 2 amide bonds. The lowest BCUT2D eigenvalue weighted by Crippen LogP contribution is -2.58. The zero-order valence-corrected chi connectivity index (χ0v) is 28.5. The summed E-state index contributed by atoms with van der Waals surface area (Å²) in [5.41, 5.74) is 1.31. The van der Waals surface area contributed by atoms with E-state index in [-0.39, 0.29) is 60.7 Å². The maximum Gasteiger partial charge on any atom is 0.303 e. The molecular formula is C42H41NO8. The second-order valence-corrected chi connectivity index (χ2v) is 13.9. The number of phenols is 1. The van der Waals surface area contributed by atoms with E-state index >= 15 is 9.59 Å². The Bertz CT molecular complexity index is 1950. The van der Waals surface area contributed by atoms with Crippen LogP contribution in [0.2, 0.25) is 0 Å². The van der Waals surface area contributed by atoms with E-state index in [1.165, 1.54) is 11.0 Å². The van der Waals surface area contributed by atoms with Gasteiger partial charge in [0.25, 0.3) is 0 Å². The lowest BCUT2D eigenvalue weighted by molar-refractivity contribution is -0.141. The number of carbonyl (C=O) groups excluding carboxylic acids is 4. The van der Waals surface area contributed by atoms with Crippen molar-refractivity contribution in [3.05, 3.63) is 113 Å². The van der Waals surface area contributed by atoms with Crippen molar-refractivity contribution in [2.75, 3.05) is 13.2 Å². The molecular weight excluding hydrogens is 646 g/mol. The van der Waals surface area contributed by atoms with Crippen LogP contribution in [0.5, 0.6) is 11.5 Å². The first-order valence-electron chi connectivity index (χ1n) is 17.8. The van der Waals surface area contributed by atoms with E-state index in [0.717, 1.165) is 5.57 Å². The van der Waals surface area contributed by atoms with Crippen LogP contribution in [0.4, 0.5) is 0 Å². The second-order valence-electron chi connectivity index (χ2n) is 13.9. The smallest absolute Gasteiger partial charge is 0.303 e. The SMILES string of the molecule is CCOc1cccc([C@H]2C3=CC[C@@H]4C(=O)N(CCCCCC(=O)O)C(=O)[C@@H]4[C@@H]3C[C@H]3C(=O)C(c4ccccc4)=CC(=O)[C@@]23c2ccccc2)c1O. The Hall–Kier alpha value is -5.31. The van der Waals surface area contributed by atoms with Crippen molar-refractivity contribution >= 4 is 34.9 Å². The van der Waals surface area contributed by atoms with E-state index in [1.54, 1.807) is 30.3 Å². The van der Waals surface area contributed by atoms with Crippen LogP contribution in [0.15, 0.2) is 96.6 Å². The summed E-state index contributed by atoms with van der Waals surface area (Å²) in [4.78, 5) is 70.6. The Morgan fingerprint density at radius 1 is 0.882 bits per heavy atom. The van der Waals surface area contributed by atoms with Gasteiger partial charge in [-0.1, -0.05) is 90.9 Å². The molecule has 4 aliphatic rings. The number of aliphatic carboxylic acids is 1. The highest BCUT2D eigenvalue weighted by atomic mass is 16.5. The monoisotopic (exact) mass is 687 g/mol. The van der Waals surface area contributed by atoms with Crippen molar-refractivity contribution in [2.24, 2.45) is 23.7 Å². The first kappa shape index (κ1) is 34.2. The number of Topliss-reactive ketones (excluding diaryl/α,β-unsaturated/α-hetero) is 1. The molecule has 9 nitrogen and oxygen atoms in total. The molecule has 51 heavy (non-hydrogen) atoms. The van der Waals surface area contributed by atoms with Gasteiger partial charge in [-0.2, -0.15) is 0 Å². The Kier molecular flexibility index (Phi) is 9.23. The summed E-state index contributed by atoms with van der Waals surface area (Å²) in [6, 6.07) is 23.5. The number of ketones is 2. The van der Waals surface area contributed by atoms with Crippen LogP contribution in [-0.4, -0.2) is 57.6 Å². The van der Waals surface area contributed by atoms with E-state index in [4.69, 9.17) is 9.84 Å². The number of imide groups is 1. The predicted molar refractivity (Wildman–Crippen MR) is 189 cm³/mol. The number of amides is 2. The molecule has 0 radical (unpaired) electrons. The lowest BCUT2D eigenvalue weighted by atomic mass is 9.44. The van der Waals surface area contributed by atoms with Crippen LogP contribution in [0.1, 0.15) is 68.1 Å². The van der Waals surface area contributed by atoms with Gasteiger partial charge >= 0.3 is 5.97 Å². The number of benzene rings is 3. The molecule has 3 aromatic rings. The molecule has 262 valence electrons. The van der Waals surface area contributed by atoms with Crippen LogP contribution in [-0.2, 0) is 29.4 Å². The number of allylic oxidation sites excluding steroid dienone is 4. The minimum absolute atomic E-state index is 0.0257. The summed E-state index contributed by atoms with van der Waals surface area (Å²) in [6.07, 6.45) is 5.42. The molecule has 9 heteroatoms. The molecule has 2 fully saturated rings. The van der Waals surface area contributed by atoms with Gasteiger partial charge < -0.3 is 14.9 Å². The van der Waals surface area contributed by atoms with Crippen LogP contribution in [0, 0.1) is 23.7 Å². The average Bonchev–Trinajstić information content (AvgIpc) is 3.38. The minimum Gasteiger partial charge on any atom is -0.504 e. The van der Waals surface area contributed by atoms with Gasteiger partial charge in [0, 0.05) is 35.9 Å². The van der Waals surface area contributed by atoms with Gasteiger partial charge in [0.15, 0.2) is 23.1 Å². The Morgan fingerprint density at radius 3 is 2.31 bits per heavy atom. The van der Waals surface area contributed by atoms with E-state index < -0.39 is 41.0 Å². The third kappa shape index (κ3) is 5.59. The van der Waals surface area contributed by atoms with Crippen molar-refractivity contribution in [1.82, 2.24) is 4.90 Å². The van der Waals surface area contributed by atoms with Gasteiger partial charge in [0.05, 0.1) is 23.9 Å². The zero-order chi connectivity index (χ0) is 35.9. The molecule has 0 spiro atoms. The fraction of sp³-hybridized carbons (Fsp3) is 0.357. The number of phenolic OH excluding ortho intramolecular Hbond substituents is 1. The molecule has 3 aromatic carbocycles. The first-order chi connectivity index (χ1) is 24.7. The van der Waals surface area contributed by atoms with Gasteiger partial charge in [-0.05, 0) is 61.8 Å². The van der Waals surface area contributed by atoms with Gasteiger partial charge in [0.2, 0.25) is 11.8 Å². The van der Waals surface area contributed by atoms with Gasteiger partial charge in [0.1, 0.15) is 0 Å². The highest BCUT2D eigenvalue weighted by Crippen LogP contribution is 2.64. The molecule has 1 aliphatic heterocycles. The van der Waals surface area contributed by atoms with Crippen molar-refractivity contribution in [3.63, 3.8) is 0 Å². The quantitative estimate of drug-likeness (QED) is 0.137. The predicted octanol–water partition coefficient (Wildman–Crippen LogP) is 6.26. The third-order valence-corrected chi connectivity index (χ3v) is 11.4. The number of carbonyl (C=O) groups is 5. The highest BCUT2D eigenvalue weighted by Gasteiger charge is 2.66. The van der Waals surface area contributed by atoms with Gasteiger partial charge in [-0.25, -0.2) is 0 Å². The number of ether oxygens (including phenoxy) is 1. The Morgan fingerprint density at radius 2 is 1.61 bits per heavy atom. The number of para-hydroxylation sites is 1. The van der Waals surface area contributed by atoms with E-state index in [9.17, 15) is 19.5 Å². The van der Waals surface area contributed by atoms with Crippen LogP contribution < -0.4 is 4.74 Å². The van der Waals surface area contributed by atoms with E-state index in [1.807, 2.05) is 61.5 Å². The molecule has 2 N–H and O–H groups in total. The molecule has 6 atom stereocenters. The Labute approximate surface area is 296 Å². The summed E-state index contributed by atoms with van der Waals surface area (Å²) in [5.74, 6) is -5.46. The number of unbranched alkanes of at least 4 members (excludes halogenated alkanes) is 2. The van der Waals surface area contributed by atoms with Crippen LogP contribution in [0.3, 0.4) is 0 Å². The number of nitrogens with zero attached hydrogens (tertiary/aromatic N) is 1. The molecule has 0 unspecified atom stereocenters. The summed E-state index contributed by atoms with van der Waals surface area (Å²) in [6.45, 7) is 2.31. The summed E-state index contributed by atoms with van der Waals surface area (Å²) in [7, 11) is 0. The molecule has 3 aliphatic carbocycles. The third-order valence-electron chi connectivity index (χ3n) is 11.4. The van der Waals surface area contributed by atoms with Crippen LogP contribution in [0.25, 0.3) is 5.57 Å². The number of carboxylic acids is 1. The highest BCUT2D eigenvalue weighted by molar-refractivity contribution is 6.31. The fourth-order valence-corrected chi connectivity index (χ4v) is 9.27. The maximum absolute atomic E-state index is 15.1. The fourth-order valence-electron chi connectivity index (χ4n) is 9.27. The summed E-state index contributed by atoms with van der Waals surface area (Å²) < 4.78 is 5.81. The van der Waals surface area contributed by atoms with Crippen molar-refractivity contribution in [2.45, 2.75) is 56.8 Å². The van der Waals surface area contributed by atoms with Crippen molar-refractivity contribution in [3.8, 4) is 11.5 Å². The maximum atomic E-state index is 15.1. The lowest BCUT2D eigenvalue weighted by Gasteiger charge is -2.55. The minimum atomic E-state index is -1.45. The average molecular weight is 688 g/mol. The molecule has 0 bridgehead atoms. The molecule has 1 saturated heterocycles. The number of fused-ring (bicyclic) bond motifs is 4. The second kappa shape index (κ2) is 13.8. The summed E-state index contributed by atoms with van der Waals surface area (Å²) in [5, 5.41) is 20.9. The van der Waals surface area contributed by atoms with E-state index in [2.05, 4.69) is 0 Å². The van der Waals surface area contributed by atoms with E-state index in [0.29, 0.717) is 48.1 Å². The van der Waals surface area contributed by atoms with Crippen LogP contribution >= 0.6 is 0 Å². The standard InChI is InChI=1S/C42H41NO8/c1-2-51-33-18-12-17-29(39(33)48)37-27-20-21-28-36(41(50)43(40(28)49)22-11-5-10-19-35(45)46)31(27)23-32-38(47)30(25-13-6-3-7-14-25)24-34(44)42(32,37)26-15-8-4-9-16-26/h3-4,6-9,12-18,20,24,28,31-32,36-37,48H,2,5,10-11,19,21-23H2,1H3,(H,45,46)/t28-,31+,32-,36-,37+,42-/m0/s1. The zero-order valence-electron chi connectivity index (χ0n) is 28.5. The summed E-state index contributed by atoms with van der Waals surface area (Å²) >= 11 is 0. The molecule has 7 rings (SSSR count). The molecule has 0 aromatic heterocycles. The number of aromatic hydroxyl groups is 1. The molecule has 1 heterocycles. The largest absolute Gasteiger partial charge is 0.504 e. The number of likely N-dealkylation sites (tertiary alicyclic amines) is 1. The number of hydrogen-bond donors (Lipinski definition) is 2. The van der Waals surface area contributed by atoms with Gasteiger partial charge in [-0.3, -0.25) is 28.9 Å². The Balaban J connectivity index is 1.39. The van der Waals surface area contributed by atoms with Crippen molar-refractivity contribution < 1.29 is 38.9 Å². The van der Waals surface area contributed by atoms with Gasteiger partial charge in [-0.15, -0.1) is 0 Å². The topological polar surface area (TPSA) is 138 Å².